The zero-order valence-electron chi connectivity index (χ0n) is 14.8. The molecule has 0 aromatic heterocycles. The van der Waals surface area contributed by atoms with Crippen LogP contribution < -0.4 is 5.32 Å². The third kappa shape index (κ3) is 4.08. The van der Waals surface area contributed by atoms with Crippen LogP contribution in [-0.2, 0) is 9.53 Å². The van der Waals surface area contributed by atoms with Gasteiger partial charge in [-0.05, 0) is 45.4 Å². The van der Waals surface area contributed by atoms with Gasteiger partial charge in [0.05, 0.1) is 25.8 Å². The molecule has 1 saturated carbocycles. The van der Waals surface area contributed by atoms with E-state index in [4.69, 9.17) is 10.00 Å². The smallest absolute Gasteiger partial charge is 0.237 e. The first-order valence-electron chi connectivity index (χ1n) is 9.37. The van der Waals surface area contributed by atoms with Gasteiger partial charge in [-0.2, -0.15) is 5.26 Å². The Labute approximate surface area is 145 Å². The summed E-state index contributed by atoms with van der Waals surface area (Å²) in [7, 11) is 0. The van der Waals surface area contributed by atoms with Gasteiger partial charge in [-0.1, -0.05) is 0 Å². The van der Waals surface area contributed by atoms with Gasteiger partial charge in [0, 0.05) is 31.2 Å². The molecule has 0 spiro atoms. The van der Waals surface area contributed by atoms with Crippen molar-refractivity contribution < 1.29 is 9.53 Å². The molecule has 2 heterocycles. The maximum absolute atomic E-state index is 12.4. The second kappa shape index (κ2) is 7.81. The summed E-state index contributed by atoms with van der Waals surface area (Å²) in [5.74, 6) is 0.0792. The molecule has 0 aromatic carbocycles. The molecule has 6 nitrogen and oxygen atoms in total. The maximum Gasteiger partial charge on any atom is 0.237 e. The molecule has 6 heteroatoms. The van der Waals surface area contributed by atoms with Crippen molar-refractivity contribution >= 4 is 5.91 Å². The first-order chi connectivity index (χ1) is 11.6. The van der Waals surface area contributed by atoms with Gasteiger partial charge in [0.15, 0.2) is 0 Å². The van der Waals surface area contributed by atoms with Crippen LogP contribution in [0.4, 0.5) is 0 Å². The average molecular weight is 334 g/mol. The van der Waals surface area contributed by atoms with Crippen molar-refractivity contribution in [2.75, 3.05) is 39.4 Å². The van der Waals surface area contributed by atoms with Gasteiger partial charge < -0.3 is 15.0 Å². The van der Waals surface area contributed by atoms with Crippen molar-refractivity contribution in [3.8, 4) is 6.07 Å². The third-order valence-electron chi connectivity index (χ3n) is 6.01. The van der Waals surface area contributed by atoms with Gasteiger partial charge >= 0.3 is 0 Å². The molecule has 24 heavy (non-hydrogen) atoms. The molecule has 3 rings (SSSR count). The number of rotatable bonds is 4. The number of ether oxygens (including phenoxy) is 1. The number of likely N-dealkylation sites (tertiary alicyclic amines) is 1. The lowest BCUT2D eigenvalue weighted by Crippen LogP contribution is -2.53. The maximum atomic E-state index is 12.4. The van der Waals surface area contributed by atoms with Crippen LogP contribution in [0.15, 0.2) is 0 Å². The van der Waals surface area contributed by atoms with E-state index < -0.39 is 0 Å². The number of nitrogens with zero attached hydrogens (tertiary/aromatic N) is 3. The van der Waals surface area contributed by atoms with Crippen LogP contribution in [0.1, 0.15) is 45.4 Å². The quantitative estimate of drug-likeness (QED) is 0.834. The van der Waals surface area contributed by atoms with E-state index in [9.17, 15) is 4.79 Å². The van der Waals surface area contributed by atoms with Gasteiger partial charge in [0.2, 0.25) is 5.91 Å². The summed E-state index contributed by atoms with van der Waals surface area (Å²) in [5.41, 5.74) is 0.0420. The number of carbonyl (C=O) groups is 1. The zero-order chi connectivity index (χ0) is 17.0. The van der Waals surface area contributed by atoms with Gasteiger partial charge in [-0.3, -0.25) is 9.69 Å². The molecule has 0 radical (unpaired) electrons. The lowest BCUT2D eigenvalue weighted by atomic mass is 9.80. The Balaban J connectivity index is 1.44. The average Bonchev–Trinajstić information content (AvgIpc) is 3.10. The molecule has 0 aromatic rings. The minimum atomic E-state index is -0.218. The largest absolute Gasteiger partial charge is 0.379 e. The number of nitrogens with one attached hydrogen (secondary N) is 1. The van der Waals surface area contributed by atoms with Crippen LogP contribution in [0.25, 0.3) is 0 Å². The van der Waals surface area contributed by atoms with Crippen LogP contribution >= 0.6 is 0 Å². The summed E-state index contributed by atoms with van der Waals surface area (Å²) in [4.78, 5) is 16.7. The number of amides is 1. The highest BCUT2D eigenvalue weighted by atomic mass is 16.5. The van der Waals surface area contributed by atoms with Crippen molar-refractivity contribution in [3.05, 3.63) is 0 Å². The van der Waals surface area contributed by atoms with E-state index in [1.807, 2.05) is 0 Å². The number of morpholine rings is 1. The summed E-state index contributed by atoms with van der Waals surface area (Å²) in [6.07, 6.45) is 6.33. The monoisotopic (exact) mass is 334 g/mol. The minimum Gasteiger partial charge on any atom is -0.379 e. The van der Waals surface area contributed by atoms with Crippen LogP contribution in [0.5, 0.6) is 0 Å². The van der Waals surface area contributed by atoms with Crippen molar-refractivity contribution in [2.24, 2.45) is 0 Å². The number of nitriles is 1. The van der Waals surface area contributed by atoms with E-state index in [1.165, 1.54) is 12.8 Å². The van der Waals surface area contributed by atoms with Gasteiger partial charge in [-0.25, -0.2) is 0 Å². The fourth-order valence-electron chi connectivity index (χ4n) is 4.31. The molecule has 0 bridgehead atoms. The Kier molecular flexibility index (Phi) is 5.75. The second-order valence-corrected chi connectivity index (χ2v) is 7.67. The molecular formula is C18H30N4O2. The molecule has 0 unspecified atom stereocenters. The van der Waals surface area contributed by atoms with Crippen LogP contribution in [-0.4, -0.2) is 72.7 Å². The molecule has 3 aliphatic rings. The molecule has 3 fully saturated rings. The highest BCUT2D eigenvalue weighted by Crippen LogP contribution is 2.31. The van der Waals surface area contributed by atoms with E-state index in [2.05, 4.69) is 23.2 Å². The van der Waals surface area contributed by atoms with E-state index in [-0.39, 0.29) is 17.5 Å². The fourth-order valence-corrected chi connectivity index (χ4v) is 4.31. The molecule has 2 saturated heterocycles. The fraction of sp³-hybridized carbons (Fsp3) is 0.889. The molecular weight excluding hydrogens is 304 g/mol. The number of carbonyl (C=O) groups excluding carboxylic acids is 1. The molecule has 1 N–H and O–H groups in total. The highest BCUT2D eigenvalue weighted by molar-refractivity contribution is 5.79. The Morgan fingerprint density at radius 3 is 2.62 bits per heavy atom. The van der Waals surface area contributed by atoms with Crippen LogP contribution in [0.2, 0.25) is 0 Å². The first-order valence-corrected chi connectivity index (χ1v) is 9.37. The Hall–Kier alpha value is -1.16. The lowest BCUT2D eigenvalue weighted by molar-refractivity contribution is -0.130. The first kappa shape index (κ1) is 17.7. The standard InChI is InChI=1S/C18H30N4O2/c1-18(20-14-17(23)22-8-2-3-16(22)13-19)6-4-15(5-7-18)21-9-11-24-12-10-21/h15-16,20H,2-12,14H2,1H3/t15?,16-,18?/m0/s1. The molecule has 2 aliphatic heterocycles. The summed E-state index contributed by atoms with van der Waals surface area (Å²) in [5, 5.41) is 12.6. The molecule has 1 aliphatic carbocycles. The normalized spacial score (nSPS) is 34.9. The third-order valence-corrected chi connectivity index (χ3v) is 6.01. The lowest BCUT2D eigenvalue weighted by Gasteiger charge is -2.43. The SMILES string of the molecule is CC1(NCC(=O)N2CCC[C@H]2C#N)CCC(N2CCOCC2)CC1. The Bertz CT molecular complexity index is 476. The van der Waals surface area contributed by atoms with Crippen molar-refractivity contribution in [3.63, 3.8) is 0 Å². The van der Waals surface area contributed by atoms with Gasteiger partial charge in [0.1, 0.15) is 6.04 Å². The summed E-state index contributed by atoms with van der Waals surface area (Å²) < 4.78 is 5.44. The van der Waals surface area contributed by atoms with Crippen LogP contribution in [0, 0.1) is 11.3 Å². The van der Waals surface area contributed by atoms with E-state index in [1.54, 1.807) is 4.90 Å². The molecule has 1 amide bonds. The predicted molar refractivity (Wildman–Crippen MR) is 91.4 cm³/mol. The van der Waals surface area contributed by atoms with Crippen molar-refractivity contribution in [2.45, 2.75) is 63.1 Å². The summed E-state index contributed by atoms with van der Waals surface area (Å²) >= 11 is 0. The van der Waals surface area contributed by atoms with Crippen molar-refractivity contribution in [1.82, 2.24) is 15.1 Å². The van der Waals surface area contributed by atoms with Crippen LogP contribution in [0.3, 0.4) is 0 Å². The second-order valence-electron chi connectivity index (χ2n) is 7.67. The predicted octanol–water partition coefficient (Wildman–Crippen LogP) is 1.12. The Morgan fingerprint density at radius 1 is 1.25 bits per heavy atom. The minimum absolute atomic E-state index is 0.0420. The summed E-state index contributed by atoms with van der Waals surface area (Å²) in [6.45, 7) is 7.15. The topological polar surface area (TPSA) is 68.6 Å². The van der Waals surface area contributed by atoms with Gasteiger partial charge in [-0.15, -0.1) is 0 Å². The zero-order valence-corrected chi connectivity index (χ0v) is 14.8. The van der Waals surface area contributed by atoms with Crippen molar-refractivity contribution in [1.29, 1.82) is 5.26 Å². The van der Waals surface area contributed by atoms with Gasteiger partial charge in [0.25, 0.3) is 0 Å². The highest BCUT2D eigenvalue weighted by Gasteiger charge is 2.35. The number of hydrogen-bond acceptors (Lipinski definition) is 5. The van der Waals surface area contributed by atoms with E-state index in [0.29, 0.717) is 12.6 Å². The molecule has 134 valence electrons. The van der Waals surface area contributed by atoms with E-state index >= 15 is 0 Å². The number of hydrogen-bond donors (Lipinski definition) is 1. The molecule has 1 atom stereocenters. The Morgan fingerprint density at radius 2 is 1.96 bits per heavy atom. The summed E-state index contributed by atoms with van der Waals surface area (Å²) in [6, 6.07) is 2.70. The van der Waals surface area contributed by atoms with E-state index in [0.717, 1.165) is 58.5 Å².